The van der Waals surface area contributed by atoms with Crippen LogP contribution in [0.3, 0.4) is 0 Å². The molecule has 1 aromatic heterocycles. The van der Waals surface area contributed by atoms with Gasteiger partial charge in [-0.2, -0.15) is 0 Å². The van der Waals surface area contributed by atoms with Crippen molar-refractivity contribution in [2.24, 2.45) is 0 Å². The molecular formula is C28H22N2OS. The monoisotopic (exact) mass is 434 g/mol. The summed E-state index contributed by atoms with van der Waals surface area (Å²) >= 11 is 1.56. The Hall–Kier alpha value is -3.76. The fourth-order valence-electron chi connectivity index (χ4n) is 3.77. The van der Waals surface area contributed by atoms with Gasteiger partial charge < -0.3 is 0 Å². The first-order valence-electron chi connectivity index (χ1n) is 10.6. The largest absolute Gasteiger partial charge is 0.279 e. The van der Waals surface area contributed by atoms with Crippen LogP contribution in [0.2, 0.25) is 0 Å². The van der Waals surface area contributed by atoms with E-state index in [9.17, 15) is 4.79 Å². The van der Waals surface area contributed by atoms with Gasteiger partial charge in [-0.3, -0.25) is 9.69 Å². The molecule has 0 atom stereocenters. The third-order valence-corrected chi connectivity index (χ3v) is 6.55. The van der Waals surface area contributed by atoms with Crippen LogP contribution >= 0.6 is 11.3 Å². The van der Waals surface area contributed by atoms with Crippen LogP contribution in [0.25, 0.3) is 21.3 Å². The van der Waals surface area contributed by atoms with Crippen LogP contribution in [0.15, 0.2) is 103 Å². The lowest BCUT2D eigenvalue weighted by Gasteiger charge is -2.20. The molecule has 4 heteroatoms. The van der Waals surface area contributed by atoms with Crippen molar-refractivity contribution in [2.45, 2.75) is 13.5 Å². The Morgan fingerprint density at radius 3 is 2.12 bits per heavy atom. The second-order valence-corrected chi connectivity index (χ2v) is 8.75. The van der Waals surface area contributed by atoms with E-state index in [0.29, 0.717) is 12.1 Å². The molecule has 0 bridgehead atoms. The number of thiazole rings is 1. The Balaban J connectivity index is 1.52. The second-order valence-electron chi connectivity index (χ2n) is 7.74. The highest BCUT2D eigenvalue weighted by molar-refractivity contribution is 7.22. The van der Waals surface area contributed by atoms with Gasteiger partial charge in [-0.1, -0.05) is 96.3 Å². The number of aromatic nitrogens is 1. The lowest BCUT2D eigenvalue weighted by Crippen LogP contribution is -2.30. The predicted molar refractivity (Wildman–Crippen MR) is 133 cm³/mol. The molecule has 156 valence electrons. The number of anilines is 1. The van der Waals surface area contributed by atoms with Gasteiger partial charge in [0.2, 0.25) is 0 Å². The number of nitrogens with zero attached hydrogens (tertiary/aromatic N) is 2. The van der Waals surface area contributed by atoms with E-state index in [1.165, 1.54) is 0 Å². The molecule has 0 aliphatic carbocycles. The number of hydrogen-bond donors (Lipinski definition) is 0. The Morgan fingerprint density at radius 2 is 1.44 bits per heavy atom. The molecule has 0 aliphatic heterocycles. The van der Waals surface area contributed by atoms with E-state index in [0.717, 1.165) is 37.6 Å². The molecular weight excluding hydrogens is 412 g/mol. The van der Waals surface area contributed by atoms with Crippen LogP contribution < -0.4 is 4.90 Å². The molecule has 1 amide bonds. The molecule has 0 saturated heterocycles. The molecule has 0 N–H and O–H groups in total. The first kappa shape index (κ1) is 20.2. The van der Waals surface area contributed by atoms with Crippen molar-refractivity contribution in [2.75, 3.05) is 4.90 Å². The van der Waals surface area contributed by atoms with Gasteiger partial charge in [0.1, 0.15) is 0 Å². The van der Waals surface area contributed by atoms with Gasteiger partial charge in [-0.05, 0) is 47.4 Å². The molecule has 0 saturated carbocycles. The lowest BCUT2D eigenvalue weighted by atomic mass is 10.0. The third kappa shape index (κ3) is 4.05. The number of aryl methyl sites for hydroxylation is 1. The van der Waals surface area contributed by atoms with Crippen molar-refractivity contribution in [1.29, 1.82) is 0 Å². The fourth-order valence-corrected chi connectivity index (χ4v) is 4.82. The molecule has 0 unspecified atom stereocenters. The van der Waals surface area contributed by atoms with Crippen LogP contribution in [0.4, 0.5) is 5.13 Å². The maximum atomic E-state index is 13.7. The molecule has 5 aromatic rings. The van der Waals surface area contributed by atoms with Crippen LogP contribution in [0.1, 0.15) is 21.5 Å². The highest BCUT2D eigenvalue weighted by Crippen LogP contribution is 2.32. The van der Waals surface area contributed by atoms with Crippen molar-refractivity contribution < 1.29 is 4.79 Å². The Bertz CT molecular complexity index is 1360. The van der Waals surface area contributed by atoms with E-state index >= 15 is 0 Å². The predicted octanol–water partition coefficient (Wildman–Crippen LogP) is 7.12. The smallest absolute Gasteiger partial charge is 0.260 e. The summed E-state index contributed by atoms with van der Waals surface area (Å²) in [5.41, 5.74) is 6.01. The quantitative estimate of drug-likeness (QED) is 0.295. The van der Waals surface area contributed by atoms with Crippen molar-refractivity contribution in [3.63, 3.8) is 0 Å². The number of carbonyl (C=O) groups excluding carboxylic acids is 1. The highest BCUT2D eigenvalue weighted by atomic mass is 32.1. The van der Waals surface area contributed by atoms with Crippen LogP contribution in [-0.2, 0) is 6.54 Å². The Morgan fingerprint density at radius 1 is 0.781 bits per heavy atom. The number of fused-ring (bicyclic) bond motifs is 1. The van der Waals surface area contributed by atoms with E-state index in [2.05, 4.69) is 31.2 Å². The Labute approximate surface area is 191 Å². The molecule has 32 heavy (non-hydrogen) atoms. The summed E-state index contributed by atoms with van der Waals surface area (Å²) in [6.07, 6.45) is 0. The number of benzene rings is 4. The molecule has 5 rings (SSSR count). The van der Waals surface area contributed by atoms with Crippen molar-refractivity contribution in [1.82, 2.24) is 4.98 Å². The van der Waals surface area contributed by atoms with E-state index < -0.39 is 0 Å². The minimum atomic E-state index is -0.0508. The zero-order valence-electron chi connectivity index (χ0n) is 17.7. The van der Waals surface area contributed by atoms with Gasteiger partial charge >= 0.3 is 0 Å². The topological polar surface area (TPSA) is 33.2 Å². The highest BCUT2D eigenvalue weighted by Gasteiger charge is 2.22. The normalized spacial score (nSPS) is 10.9. The standard InChI is InChI=1S/C28H22N2OS/c1-20-9-8-14-25-26(20)29-28(32-25)30(19-21-10-4-2-5-11-21)27(31)24-17-15-23(16-18-24)22-12-6-3-7-13-22/h2-18H,19H2,1H3. The first-order valence-corrected chi connectivity index (χ1v) is 11.4. The van der Waals surface area contributed by atoms with E-state index in [-0.39, 0.29) is 5.91 Å². The minimum Gasteiger partial charge on any atom is -0.279 e. The zero-order valence-corrected chi connectivity index (χ0v) is 18.5. The summed E-state index contributed by atoms with van der Waals surface area (Å²) in [7, 11) is 0. The number of amides is 1. The Kier molecular flexibility index (Phi) is 5.53. The van der Waals surface area contributed by atoms with Gasteiger partial charge in [-0.25, -0.2) is 4.98 Å². The van der Waals surface area contributed by atoms with Gasteiger partial charge in [0.05, 0.1) is 16.8 Å². The second kappa shape index (κ2) is 8.77. The summed E-state index contributed by atoms with van der Waals surface area (Å²) in [5.74, 6) is -0.0508. The molecule has 0 spiro atoms. The fraction of sp³-hybridized carbons (Fsp3) is 0.0714. The maximum Gasteiger partial charge on any atom is 0.260 e. The van der Waals surface area contributed by atoms with Crippen LogP contribution in [0.5, 0.6) is 0 Å². The average molecular weight is 435 g/mol. The number of hydrogen-bond acceptors (Lipinski definition) is 3. The van der Waals surface area contributed by atoms with Crippen molar-refractivity contribution in [3.05, 3.63) is 120 Å². The van der Waals surface area contributed by atoms with E-state index in [4.69, 9.17) is 4.98 Å². The molecule has 1 heterocycles. The van der Waals surface area contributed by atoms with Crippen LogP contribution in [0, 0.1) is 6.92 Å². The maximum absolute atomic E-state index is 13.7. The molecule has 0 fully saturated rings. The summed E-state index contributed by atoms with van der Waals surface area (Å²) in [4.78, 5) is 20.3. The SMILES string of the molecule is Cc1cccc2sc(N(Cc3ccccc3)C(=O)c3ccc(-c4ccccc4)cc3)nc12. The van der Waals surface area contributed by atoms with E-state index in [1.54, 1.807) is 16.2 Å². The average Bonchev–Trinajstić information content (AvgIpc) is 3.29. The van der Waals surface area contributed by atoms with Gasteiger partial charge in [-0.15, -0.1) is 0 Å². The molecule has 0 aliphatic rings. The van der Waals surface area contributed by atoms with Gasteiger partial charge in [0.15, 0.2) is 5.13 Å². The zero-order chi connectivity index (χ0) is 21.9. The number of carbonyl (C=O) groups is 1. The minimum absolute atomic E-state index is 0.0508. The summed E-state index contributed by atoms with van der Waals surface area (Å²) in [6.45, 7) is 2.52. The molecule has 3 nitrogen and oxygen atoms in total. The number of para-hydroxylation sites is 1. The summed E-state index contributed by atoms with van der Waals surface area (Å²) < 4.78 is 1.09. The number of rotatable bonds is 5. The molecule has 0 radical (unpaired) electrons. The van der Waals surface area contributed by atoms with Crippen molar-refractivity contribution in [3.8, 4) is 11.1 Å². The molecule has 4 aromatic carbocycles. The van der Waals surface area contributed by atoms with Crippen LogP contribution in [-0.4, -0.2) is 10.9 Å². The summed E-state index contributed by atoms with van der Waals surface area (Å²) in [5, 5.41) is 0.718. The third-order valence-electron chi connectivity index (χ3n) is 5.51. The van der Waals surface area contributed by atoms with E-state index in [1.807, 2.05) is 78.9 Å². The lowest BCUT2D eigenvalue weighted by molar-refractivity contribution is 0.0985. The van der Waals surface area contributed by atoms with Gasteiger partial charge in [0, 0.05) is 5.56 Å². The summed E-state index contributed by atoms with van der Waals surface area (Å²) in [6, 6.07) is 34.2. The van der Waals surface area contributed by atoms with Crippen molar-refractivity contribution >= 4 is 32.6 Å². The first-order chi connectivity index (χ1) is 15.7. The van der Waals surface area contributed by atoms with Gasteiger partial charge in [0.25, 0.3) is 5.91 Å².